The third kappa shape index (κ3) is 7.20. The highest BCUT2D eigenvalue weighted by Gasteiger charge is 2.06. The molecule has 29 heavy (non-hydrogen) atoms. The maximum Gasteiger partial charge on any atom is 0.191 e. The average Bonchev–Trinajstić information content (AvgIpc) is 3.22. The number of nitrogens with zero attached hydrogens (tertiary/aromatic N) is 3. The Morgan fingerprint density at radius 1 is 1.03 bits per heavy atom. The molecular formula is C23H30IN5. The van der Waals surface area contributed by atoms with Crippen LogP contribution in [0.4, 0.5) is 0 Å². The van der Waals surface area contributed by atoms with Crippen LogP contribution in [0.25, 0.3) is 0 Å². The Labute approximate surface area is 190 Å². The van der Waals surface area contributed by atoms with Crippen molar-refractivity contribution in [2.75, 3.05) is 13.6 Å². The Kier molecular flexibility index (Phi) is 9.18. The lowest BCUT2D eigenvalue weighted by Crippen LogP contribution is -2.38. The smallest absolute Gasteiger partial charge is 0.191 e. The van der Waals surface area contributed by atoms with Gasteiger partial charge in [-0.2, -0.15) is 0 Å². The van der Waals surface area contributed by atoms with E-state index in [1.54, 1.807) is 13.2 Å². The van der Waals surface area contributed by atoms with Crippen molar-refractivity contribution in [3.8, 4) is 0 Å². The van der Waals surface area contributed by atoms with Crippen molar-refractivity contribution >= 4 is 29.9 Å². The molecule has 0 aliphatic heterocycles. The maximum atomic E-state index is 4.33. The van der Waals surface area contributed by atoms with Crippen LogP contribution >= 0.6 is 24.0 Å². The fourth-order valence-corrected chi connectivity index (χ4v) is 3.02. The largest absolute Gasteiger partial charge is 0.356 e. The zero-order valence-electron chi connectivity index (χ0n) is 17.3. The number of nitrogens with one attached hydrogen (secondary N) is 2. The van der Waals surface area contributed by atoms with Crippen LogP contribution in [0.2, 0.25) is 0 Å². The molecule has 154 valence electrons. The summed E-state index contributed by atoms with van der Waals surface area (Å²) in [4.78, 5) is 8.41. The molecule has 0 radical (unpaired) electrons. The summed E-state index contributed by atoms with van der Waals surface area (Å²) in [5, 5.41) is 6.81. The fourth-order valence-electron chi connectivity index (χ4n) is 3.02. The number of aliphatic imine (C=N–C) groups is 1. The predicted octanol–water partition coefficient (Wildman–Crippen LogP) is 4.33. The van der Waals surface area contributed by atoms with Gasteiger partial charge < -0.3 is 15.2 Å². The molecule has 1 unspecified atom stereocenters. The van der Waals surface area contributed by atoms with Gasteiger partial charge in [-0.05, 0) is 29.5 Å². The second-order valence-corrected chi connectivity index (χ2v) is 7.17. The highest BCUT2D eigenvalue weighted by atomic mass is 127. The van der Waals surface area contributed by atoms with Crippen LogP contribution in [-0.2, 0) is 13.1 Å². The van der Waals surface area contributed by atoms with Gasteiger partial charge in [-0.1, -0.05) is 61.0 Å². The molecule has 0 fully saturated rings. The first kappa shape index (κ1) is 22.9. The van der Waals surface area contributed by atoms with Crippen LogP contribution < -0.4 is 10.6 Å². The summed E-state index contributed by atoms with van der Waals surface area (Å²) in [5.41, 5.74) is 5.11. The van der Waals surface area contributed by atoms with E-state index < -0.39 is 0 Å². The molecule has 1 aromatic heterocycles. The van der Waals surface area contributed by atoms with Crippen LogP contribution in [0, 0.1) is 6.92 Å². The monoisotopic (exact) mass is 503 g/mol. The van der Waals surface area contributed by atoms with E-state index in [9.17, 15) is 0 Å². The molecule has 1 atom stereocenters. The standard InChI is InChI=1S/C23H29N5.HI/c1-18-4-10-22(11-5-18)19(2)14-26-23(24-3)27-15-20-6-8-21(9-7-20)16-28-13-12-25-17-28;/h4-13,17,19H,14-16H2,1-3H3,(H2,24,26,27);1H. The summed E-state index contributed by atoms with van der Waals surface area (Å²) in [6, 6.07) is 17.3. The first-order valence-corrected chi connectivity index (χ1v) is 9.68. The summed E-state index contributed by atoms with van der Waals surface area (Å²) in [7, 11) is 1.81. The number of guanidine groups is 1. The Bertz CT molecular complexity index is 871. The second kappa shape index (κ2) is 11.6. The third-order valence-electron chi connectivity index (χ3n) is 4.85. The summed E-state index contributed by atoms with van der Waals surface area (Å²) in [6.45, 7) is 6.76. The number of aromatic nitrogens is 2. The van der Waals surface area contributed by atoms with Crippen molar-refractivity contribution in [3.05, 3.63) is 89.5 Å². The Balaban J connectivity index is 0.00000300. The molecule has 0 aliphatic rings. The van der Waals surface area contributed by atoms with Gasteiger partial charge in [0.05, 0.1) is 6.33 Å². The van der Waals surface area contributed by atoms with E-state index in [-0.39, 0.29) is 24.0 Å². The number of hydrogen-bond acceptors (Lipinski definition) is 2. The summed E-state index contributed by atoms with van der Waals surface area (Å²) >= 11 is 0. The molecule has 0 spiro atoms. The second-order valence-electron chi connectivity index (χ2n) is 7.17. The van der Waals surface area contributed by atoms with E-state index in [1.807, 2.05) is 12.5 Å². The van der Waals surface area contributed by atoms with Gasteiger partial charge in [0.2, 0.25) is 0 Å². The molecular weight excluding hydrogens is 473 g/mol. The highest BCUT2D eigenvalue weighted by molar-refractivity contribution is 14.0. The molecule has 0 amide bonds. The van der Waals surface area contributed by atoms with Crippen molar-refractivity contribution in [3.63, 3.8) is 0 Å². The molecule has 3 rings (SSSR count). The quantitative estimate of drug-likeness (QED) is 0.287. The lowest BCUT2D eigenvalue weighted by Gasteiger charge is -2.17. The molecule has 0 aliphatic carbocycles. The number of imidazole rings is 1. The summed E-state index contributed by atoms with van der Waals surface area (Å²) < 4.78 is 2.06. The van der Waals surface area contributed by atoms with Gasteiger partial charge >= 0.3 is 0 Å². The highest BCUT2D eigenvalue weighted by Crippen LogP contribution is 2.14. The molecule has 2 aromatic carbocycles. The maximum absolute atomic E-state index is 4.33. The zero-order valence-corrected chi connectivity index (χ0v) is 19.6. The van der Waals surface area contributed by atoms with Gasteiger partial charge in [0, 0.05) is 39.1 Å². The minimum absolute atomic E-state index is 0. The van der Waals surface area contributed by atoms with Crippen molar-refractivity contribution in [1.29, 1.82) is 0 Å². The molecule has 5 nitrogen and oxygen atoms in total. The van der Waals surface area contributed by atoms with E-state index in [0.717, 1.165) is 25.6 Å². The molecule has 2 N–H and O–H groups in total. The number of hydrogen-bond donors (Lipinski definition) is 2. The van der Waals surface area contributed by atoms with Crippen molar-refractivity contribution in [2.24, 2.45) is 4.99 Å². The fraction of sp³-hybridized carbons (Fsp3) is 0.304. The average molecular weight is 503 g/mol. The minimum atomic E-state index is 0. The molecule has 3 aromatic rings. The number of rotatable bonds is 7. The number of aryl methyl sites for hydroxylation is 1. The van der Waals surface area contributed by atoms with Gasteiger partial charge in [-0.3, -0.25) is 4.99 Å². The number of halogens is 1. The Hall–Kier alpha value is -2.35. The molecule has 0 saturated heterocycles. The van der Waals surface area contributed by atoms with Gasteiger partial charge in [0.25, 0.3) is 0 Å². The molecule has 0 saturated carbocycles. The van der Waals surface area contributed by atoms with Gasteiger partial charge in [0.1, 0.15) is 0 Å². The van der Waals surface area contributed by atoms with E-state index in [0.29, 0.717) is 5.92 Å². The normalized spacial score (nSPS) is 12.2. The van der Waals surface area contributed by atoms with Crippen LogP contribution in [0.5, 0.6) is 0 Å². The Morgan fingerprint density at radius 3 is 2.34 bits per heavy atom. The van der Waals surface area contributed by atoms with E-state index in [4.69, 9.17) is 0 Å². The van der Waals surface area contributed by atoms with Gasteiger partial charge in [0.15, 0.2) is 5.96 Å². The van der Waals surface area contributed by atoms with E-state index in [2.05, 4.69) is 87.6 Å². The summed E-state index contributed by atoms with van der Waals surface area (Å²) in [5.74, 6) is 1.24. The lowest BCUT2D eigenvalue weighted by molar-refractivity contribution is 0.698. The van der Waals surface area contributed by atoms with Crippen molar-refractivity contribution < 1.29 is 0 Å². The molecule has 6 heteroatoms. The van der Waals surface area contributed by atoms with Crippen molar-refractivity contribution in [1.82, 2.24) is 20.2 Å². The first-order valence-electron chi connectivity index (χ1n) is 9.68. The molecule has 0 bridgehead atoms. The lowest BCUT2D eigenvalue weighted by atomic mass is 10.0. The van der Waals surface area contributed by atoms with Crippen molar-refractivity contribution in [2.45, 2.75) is 32.9 Å². The predicted molar refractivity (Wildman–Crippen MR) is 131 cm³/mol. The Morgan fingerprint density at radius 2 is 1.72 bits per heavy atom. The number of benzene rings is 2. The third-order valence-corrected chi connectivity index (χ3v) is 4.85. The van der Waals surface area contributed by atoms with E-state index >= 15 is 0 Å². The zero-order chi connectivity index (χ0) is 19.8. The van der Waals surface area contributed by atoms with Crippen LogP contribution in [0.15, 0.2) is 72.2 Å². The SMILES string of the molecule is CN=C(NCc1ccc(Cn2ccnc2)cc1)NCC(C)c1ccc(C)cc1.I. The van der Waals surface area contributed by atoms with Gasteiger partial charge in [-0.15, -0.1) is 24.0 Å². The topological polar surface area (TPSA) is 54.2 Å². The summed E-state index contributed by atoms with van der Waals surface area (Å²) in [6.07, 6.45) is 5.61. The van der Waals surface area contributed by atoms with Crippen LogP contribution in [0.1, 0.15) is 35.1 Å². The van der Waals surface area contributed by atoms with Gasteiger partial charge in [-0.25, -0.2) is 4.98 Å². The van der Waals surface area contributed by atoms with Crippen LogP contribution in [0.3, 0.4) is 0 Å². The first-order chi connectivity index (χ1) is 13.6. The minimum Gasteiger partial charge on any atom is -0.356 e. The van der Waals surface area contributed by atoms with E-state index in [1.165, 1.54) is 22.3 Å². The van der Waals surface area contributed by atoms with Crippen LogP contribution in [-0.4, -0.2) is 29.1 Å². The molecule has 1 heterocycles.